The van der Waals surface area contributed by atoms with Gasteiger partial charge in [-0.2, -0.15) is 10.2 Å². The minimum Gasteiger partial charge on any atom is -0.291 e. The molecule has 0 N–H and O–H groups in total. The summed E-state index contributed by atoms with van der Waals surface area (Å²) in [6.07, 6.45) is 1.61. The van der Waals surface area contributed by atoms with E-state index in [0.717, 1.165) is 24.0 Å². The van der Waals surface area contributed by atoms with Crippen LogP contribution in [0.15, 0.2) is 77.0 Å². The van der Waals surface area contributed by atoms with Crippen LogP contribution in [0.1, 0.15) is 33.8 Å². The zero-order valence-corrected chi connectivity index (χ0v) is 13.9. The maximum absolute atomic E-state index is 13.4. The van der Waals surface area contributed by atoms with E-state index < -0.39 is 5.54 Å². The van der Waals surface area contributed by atoms with Crippen LogP contribution in [0.2, 0.25) is 0 Å². The van der Waals surface area contributed by atoms with Crippen LogP contribution >= 0.6 is 0 Å². The molecule has 1 aliphatic carbocycles. The molecule has 0 saturated carbocycles. The second kappa shape index (κ2) is 5.35. The summed E-state index contributed by atoms with van der Waals surface area (Å²) in [6, 6.07) is 22.6. The van der Waals surface area contributed by atoms with Gasteiger partial charge in [0.05, 0.1) is 6.54 Å². The van der Waals surface area contributed by atoms with Crippen LogP contribution < -0.4 is 0 Å². The molecule has 0 aromatic heterocycles. The van der Waals surface area contributed by atoms with Crippen LogP contribution in [-0.4, -0.2) is 17.9 Å². The van der Waals surface area contributed by atoms with Crippen LogP contribution in [0.3, 0.4) is 0 Å². The third-order valence-electron chi connectivity index (χ3n) is 5.72. The predicted octanol–water partition coefficient (Wildman–Crippen LogP) is 4.96. The van der Waals surface area contributed by atoms with Gasteiger partial charge >= 0.3 is 0 Å². The van der Waals surface area contributed by atoms with Gasteiger partial charge < -0.3 is 0 Å². The first-order chi connectivity index (χ1) is 12.3. The summed E-state index contributed by atoms with van der Waals surface area (Å²) in [6.45, 7) is 0.585. The Labute approximate surface area is 146 Å². The van der Waals surface area contributed by atoms with Crippen LogP contribution in [0.25, 0.3) is 10.8 Å². The summed E-state index contributed by atoms with van der Waals surface area (Å²) in [5.41, 5.74) is 2.41. The van der Waals surface area contributed by atoms with E-state index in [2.05, 4.69) is 52.7 Å². The topological polar surface area (TPSA) is 41.8 Å². The molecule has 3 heteroatoms. The first-order valence-electron chi connectivity index (χ1n) is 8.79. The lowest BCUT2D eigenvalue weighted by Gasteiger charge is -2.35. The highest BCUT2D eigenvalue weighted by molar-refractivity contribution is 6.07. The van der Waals surface area contributed by atoms with Crippen molar-refractivity contribution in [3.8, 4) is 0 Å². The maximum Gasteiger partial charge on any atom is 0.193 e. The predicted molar refractivity (Wildman–Crippen MR) is 98.2 cm³/mol. The normalized spacial score (nSPS) is 24.8. The maximum atomic E-state index is 13.4. The fourth-order valence-electron chi connectivity index (χ4n) is 4.44. The zero-order chi connectivity index (χ0) is 16.9. The van der Waals surface area contributed by atoms with Crippen LogP contribution in [0.5, 0.6) is 0 Å². The Hall–Kier alpha value is -2.81. The molecule has 25 heavy (non-hydrogen) atoms. The monoisotopic (exact) mass is 326 g/mol. The van der Waals surface area contributed by atoms with Gasteiger partial charge in [-0.05, 0) is 34.7 Å². The molecular weight excluding hydrogens is 308 g/mol. The van der Waals surface area contributed by atoms with Crippen molar-refractivity contribution in [2.45, 2.75) is 24.3 Å². The van der Waals surface area contributed by atoms with Gasteiger partial charge in [-0.15, -0.1) is 0 Å². The Morgan fingerprint density at radius 2 is 1.72 bits per heavy atom. The minimum atomic E-state index is -0.738. The highest BCUT2D eigenvalue weighted by atomic mass is 16.1. The molecular formula is C22H18N2O. The van der Waals surface area contributed by atoms with E-state index in [1.165, 1.54) is 16.3 Å². The lowest BCUT2D eigenvalue weighted by Crippen LogP contribution is -2.44. The Morgan fingerprint density at radius 1 is 0.920 bits per heavy atom. The fourth-order valence-corrected chi connectivity index (χ4v) is 4.44. The van der Waals surface area contributed by atoms with E-state index in [9.17, 15) is 4.79 Å². The minimum absolute atomic E-state index is 0.0134. The SMILES string of the molecule is O=C1c2ccccc2CC[C@]12N=NC[C@@H]2c1cccc2ccccc12. The van der Waals surface area contributed by atoms with Gasteiger partial charge in [-0.1, -0.05) is 66.7 Å². The number of Topliss-reactive ketones (excluding diaryl/α,β-unsaturated/α-hetero) is 1. The molecule has 2 atom stereocenters. The average molecular weight is 326 g/mol. The van der Waals surface area contributed by atoms with Crippen molar-refractivity contribution in [3.05, 3.63) is 83.4 Å². The number of azo groups is 1. The van der Waals surface area contributed by atoms with Crippen molar-refractivity contribution in [1.82, 2.24) is 0 Å². The largest absolute Gasteiger partial charge is 0.291 e. The second-order valence-electron chi connectivity index (χ2n) is 6.96. The second-order valence-corrected chi connectivity index (χ2v) is 6.96. The first-order valence-corrected chi connectivity index (χ1v) is 8.79. The Balaban J connectivity index is 1.67. The number of hydrogen-bond donors (Lipinski definition) is 0. The summed E-state index contributed by atoms with van der Waals surface area (Å²) in [5, 5.41) is 11.3. The molecule has 3 aromatic rings. The third-order valence-corrected chi connectivity index (χ3v) is 5.72. The van der Waals surface area contributed by atoms with Gasteiger partial charge in [0.25, 0.3) is 0 Å². The highest BCUT2D eigenvalue weighted by Crippen LogP contribution is 2.47. The van der Waals surface area contributed by atoms with Crippen molar-refractivity contribution < 1.29 is 4.79 Å². The third kappa shape index (κ3) is 2.02. The lowest BCUT2D eigenvalue weighted by molar-refractivity contribution is 0.0854. The summed E-state index contributed by atoms with van der Waals surface area (Å²) < 4.78 is 0. The van der Waals surface area contributed by atoms with Gasteiger partial charge in [0, 0.05) is 11.5 Å². The van der Waals surface area contributed by atoms with Crippen molar-refractivity contribution in [2.24, 2.45) is 10.2 Å². The van der Waals surface area contributed by atoms with Gasteiger partial charge in [0.15, 0.2) is 11.3 Å². The van der Waals surface area contributed by atoms with E-state index in [4.69, 9.17) is 0 Å². The number of aryl methyl sites for hydroxylation is 1. The number of fused-ring (bicyclic) bond motifs is 2. The standard InChI is InChI=1S/C22H18N2O/c25-21-18-10-4-2-7-16(18)12-13-22(21)20(14-23-24-22)19-11-5-8-15-6-1-3-9-17(15)19/h1-11,20H,12-14H2/t20-,22-/m1/s1. The molecule has 0 amide bonds. The molecule has 0 fully saturated rings. The molecule has 3 nitrogen and oxygen atoms in total. The fraction of sp³-hybridized carbons (Fsp3) is 0.227. The first kappa shape index (κ1) is 14.5. The molecule has 5 rings (SSSR count). The van der Waals surface area contributed by atoms with Gasteiger partial charge in [-0.25, -0.2) is 0 Å². The summed E-state index contributed by atoms with van der Waals surface area (Å²) in [5.74, 6) is 0.146. The smallest absolute Gasteiger partial charge is 0.193 e. The number of carbonyl (C=O) groups is 1. The van der Waals surface area contributed by atoms with Crippen molar-refractivity contribution in [2.75, 3.05) is 6.54 Å². The van der Waals surface area contributed by atoms with E-state index in [1.54, 1.807) is 0 Å². The number of benzene rings is 3. The molecule has 1 aliphatic heterocycles. The summed E-state index contributed by atoms with van der Waals surface area (Å²) in [7, 11) is 0. The zero-order valence-electron chi connectivity index (χ0n) is 13.9. The number of carbonyl (C=O) groups excluding carboxylic acids is 1. The summed E-state index contributed by atoms with van der Waals surface area (Å²) in [4.78, 5) is 13.4. The molecule has 2 aliphatic rings. The average Bonchev–Trinajstić information content (AvgIpc) is 3.09. The van der Waals surface area contributed by atoms with E-state index in [0.29, 0.717) is 6.54 Å². The molecule has 1 spiro atoms. The highest BCUT2D eigenvalue weighted by Gasteiger charge is 2.52. The molecule has 122 valence electrons. The van der Waals surface area contributed by atoms with Gasteiger partial charge in [0.1, 0.15) is 0 Å². The van der Waals surface area contributed by atoms with Crippen molar-refractivity contribution in [3.63, 3.8) is 0 Å². The Bertz CT molecular complexity index is 1020. The van der Waals surface area contributed by atoms with Crippen LogP contribution in [0.4, 0.5) is 0 Å². The van der Waals surface area contributed by atoms with Crippen molar-refractivity contribution in [1.29, 1.82) is 0 Å². The van der Waals surface area contributed by atoms with Gasteiger partial charge in [-0.3, -0.25) is 4.79 Å². The molecule has 0 saturated heterocycles. The number of rotatable bonds is 1. The van der Waals surface area contributed by atoms with E-state index >= 15 is 0 Å². The number of ketones is 1. The molecule has 3 aromatic carbocycles. The molecule has 1 heterocycles. The van der Waals surface area contributed by atoms with E-state index in [1.807, 2.05) is 24.3 Å². The summed E-state index contributed by atoms with van der Waals surface area (Å²) >= 11 is 0. The lowest BCUT2D eigenvalue weighted by atomic mass is 9.68. The van der Waals surface area contributed by atoms with Crippen LogP contribution in [-0.2, 0) is 6.42 Å². The Morgan fingerprint density at radius 3 is 2.68 bits per heavy atom. The molecule has 0 bridgehead atoms. The number of hydrogen-bond acceptors (Lipinski definition) is 3. The van der Waals surface area contributed by atoms with Crippen LogP contribution in [0, 0.1) is 0 Å². The number of nitrogens with zero attached hydrogens (tertiary/aromatic N) is 2. The van der Waals surface area contributed by atoms with E-state index in [-0.39, 0.29) is 11.7 Å². The van der Waals surface area contributed by atoms with Gasteiger partial charge in [0.2, 0.25) is 0 Å². The van der Waals surface area contributed by atoms with Crippen molar-refractivity contribution >= 4 is 16.6 Å². The molecule has 0 unspecified atom stereocenters. The molecule has 0 radical (unpaired) electrons. The quantitative estimate of drug-likeness (QED) is 0.623. The Kier molecular flexibility index (Phi) is 3.11.